The largest absolute Gasteiger partial charge is 0.481 e. The molecule has 0 bridgehead atoms. The number of alkyl halides is 3. The molecule has 27 heavy (non-hydrogen) atoms. The topological polar surface area (TPSA) is 54.6 Å². The molecular weight excluding hydrogens is 357 g/mol. The molecule has 4 nitrogen and oxygen atoms in total. The van der Waals surface area contributed by atoms with Crippen molar-refractivity contribution in [3.05, 3.63) is 59.4 Å². The Bertz CT molecular complexity index is 997. The molecule has 1 N–H and O–H groups in total. The molecule has 0 aliphatic heterocycles. The Labute approximate surface area is 154 Å². The lowest BCUT2D eigenvalue weighted by atomic mass is 9.86. The summed E-state index contributed by atoms with van der Waals surface area (Å²) < 4.78 is 40.3. The molecule has 1 aromatic carbocycles. The second-order valence-electron chi connectivity index (χ2n) is 7.45. The van der Waals surface area contributed by atoms with E-state index in [0.29, 0.717) is 11.3 Å². The van der Waals surface area contributed by atoms with Crippen molar-refractivity contribution in [2.75, 3.05) is 0 Å². The number of rotatable bonds is 3. The average molecular weight is 376 g/mol. The summed E-state index contributed by atoms with van der Waals surface area (Å²) in [6, 6.07) is 9.67. The third-order valence-electron chi connectivity index (χ3n) is 4.39. The lowest BCUT2D eigenvalue weighted by Crippen LogP contribution is -2.10. The van der Waals surface area contributed by atoms with E-state index in [4.69, 9.17) is 0 Å². The van der Waals surface area contributed by atoms with Crippen molar-refractivity contribution >= 4 is 11.6 Å². The van der Waals surface area contributed by atoms with Crippen LogP contribution in [-0.4, -0.2) is 20.5 Å². The zero-order valence-corrected chi connectivity index (χ0v) is 15.1. The number of hydrogen-bond acceptors (Lipinski definition) is 2. The first-order valence-corrected chi connectivity index (χ1v) is 8.38. The molecule has 7 heteroatoms. The molecule has 0 amide bonds. The summed E-state index contributed by atoms with van der Waals surface area (Å²) in [7, 11) is 0. The van der Waals surface area contributed by atoms with Gasteiger partial charge in [-0.3, -0.25) is 4.79 Å². The number of benzene rings is 1. The minimum atomic E-state index is -4.52. The van der Waals surface area contributed by atoms with Gasteiger partial charge in [-0.1, -0.05) is 45.0 Å². The van der Waals surface area contributed by atoms with Gasteiger partial charge in [-0.25, -0.2) is 4.98 Å². The lowest BCUT2D eigenvalue weighted by Gasteiger charge is -2.19. The number of hydrogen-bond donors (Lipinski definition) is 1. The van der Waals surface area contributed by atoms with Crippen LogP contribution >= 0.6 is 0 Å². The lowest BCUT2D eigenvalue weighted by molar-refractivity contribution is -0.138. The van der Waals surface area contributed by atoms with Crippen molar-refractivity contribution in [2.45, 2.75) is 38.8 Å². The number of imidazole rings is 1. The van der Waals surface area contributed by atoms with E-state index < -0.39 is 24.1 Å². The van der Waals surface area contributed by atoms with E-state index in [-0.39, 0.29) is 16.8 Å². The average Bonchev–Trinajstić information content (AvgIpc) is 2.91. The quantitative estimate of drug-likeness (QED) is 0.704. The van der Waals surface area contributed by atoms with E-state index in [1.165, 1.54) is 10.5 Å². The Hall–Kier alpha value is -2.83. The highest BCUT2D eigenvalue weighted by Gasteiger charge is 2.31. The summed E-state index contributed by atoms with van der Waals surface area (Å²) in [5.74, 6) is -1.14. The highest BCUT2D eigenvalue weighted by molar-refractivity contribution is 5.76. The van der Waals surface area contributed by atoms with Crippen LogP contribution in [0.1, 0.15) is 37.6 Å². The monoisotopic (exact) mass is 376 g/mol. The molecule has 0 fully saturated rings. The van der Waals surface area contributed by atoms with Gasteiger partial charge < -0.3 is 9.51 Å². The van der Waals surface area contributed by atoms with E-state index in [9.17, 15) is 23.1 Å². The third-order valence-corrected chi connectivity index (χ3v) is 4.39. The number of carbonyl (C=O) groups is 1. The maximum atomic E-state index is 13.0. The minimum Gasteiger partial charge on any atom is -0.481 e. The summed E-state index contributed by atoms with van der Waals surface area (Å²) in [5.41, 5.74) is 1.71. The van der Waals surface area contributed by atoms with Crippen LogP contribution in [0.3, 0.4) is 0 Å². The normalized spacial score (nSPS) is 12.5. The van der Waals surface area contributed by atoms with E-state index in [0.717, 1.165) is 17.8 Å². The van der Waals surface area contributed by atoms with Crippen LogP contribution in [0.4, 0.5) is 13.2 Å². The molecule has 0 spiro atoms. The summed E-state index contributed by atoms with van der Waals surface area (Å²) in [5, 5.41) is 9.23. The number of aromatic nitrogens is 2. The predicted octanol–water partition coefficient (Wildman–Crippen LogP) is 4.94. The van der Waals surface area contributed by atoms with Gasteiger partial charge in [0.05, 0.1) is 23.4 Å². The third kappa shape index (κ3) is 3.82. The highest BCUT2D eigenvalue weighted by Crippen LogP contribution is 2.32. The molecule has 0 saturated heterocycles. The fourth-order valence-corrected chi connectivity index (χ4v) is 2.93. The summed E-state index contributed by atoms with van der Waals surface area (Å²) in [6.45, 7) is 6.21. The fourth-order valence-electron chi connectivity index (χ4n) is 2.93. The zero-order chi connectivity index (χ0) is 20.0. The van der Waals surface area contributed by atoms with Crippen molar-refractivity contribution < 1.29 is 23.1 Å². The Kier molecular flexibility index (Phi) is 4.49. The van der Waals surface area contributed by atoms with Crippen molar-refractivity contribution in [2.24, 2.45) is 0 Å². The number of pyridine rings is 1. The number of carboxylic acids is 1. The predicted molar refractivity (Wildman–Crippen MR) is 95.7 cm³/mol. The second kappa shape index (κ2) is 6.40. The Balaban J connectivity index is 2.18. The van der Waals surface area contributed by atoms with Gasteiger partial charge in [0, 0.05) is 11.8 Å². The van der Waals surface area contributed by atoms with Crippen LogP contribution in [0.15, 0.2) is 42.6 Å². The van der Waals surface area contributed by atoms with Gasteiger partial charge in [-0.05, 0) is 23.1 Å². The van der Waals surface area contributed by atoms with Crippen LogP contribution in [0.25, 0.3) is 16.9 Å². The minimum absolute atomic E-state index is 0.0526. The number of nitrogens with zero attached hydrogens (tertiary/aromatic N) is 2. The van der Waals surface area contributed by atoms with Gasteiger partial charge in [0.1, 0.15) is 5.65 Å². The number of aliphatic carboxylic acids is 1. The van der Waals surface area contributed by atoms with Crippen molar-refractivity contribution in [3.63, 3.8) is 0 Å². The molecule has 3 aromatic rings. The molecule has 0 aliphatic carbocycles. The summed E-state index contributed by atoms with van der Waals surface area (Å²) >= 11 is 0. The van der Waals surface area contributed by atoms with Crippen LogP contribution in [0.2, 0.25) is 0 Å². The summed E-state index contributed by atoms with van der Waals surface area (Å²) in [4.78, 5) is 15.7. The fraction of sp³-hybridized carbons (Fsp3) is 0.300. The zero-order valence-electron chi connectivity index (χ0n) is 15.1. The maximum absolute atomic E-state index is 13.0. The highest BCUT2D eigenvalue weighted by atomic mass is 19.4. The Morgan fingerprint density at radius 1 is 1.04 bits per heavy atom. The first-order chi connectivity index (χ1) is 12.5. The van der Waals surface area contributed by atoms with Crippen LogP contribution < -0.4 is 0 Å². The van der Waals surface area contributed by atoms with E-state index >= 15 is 0 Å². The molecule has 142 valence electrons. The second-order valence-corrected chi connectivity index (χ2v) is 7.45. The van der Waals surface area contributed by atoms with Crippen LogP contribution in [-0.2, 0) is 22.8 Å². The first-order valence-electron chi connectivity index (χ1n) is 8.38. The van der Waals surface area contributed by atoms with Gasteiger partial charge in [0.15, 0.2) is 0 Å². The van der Waals surface area contributed by atoms with E-state index in [1.54, 1.807) is 0 Å². The molecule has 0 aliphatic rings. The summed E-state index contributed by atoms with van der Waals surface area (Å²) in [6.07, 6.45) is -4.06. The van der Waals surface area contributed by atoms with Crippen molar-refractivity contribution in [3.8, 4) is 11.3 Å². The standard InChI is InChI=1S/C20H19F3N2O2/c1-19(2,3)13-6-4-12(5-7-13)18-15(10-17(26)27)25-11-14(20(21,22)23)8-9-16(25)24-18/h4-9,11H,10H2,1-3H3,(H,26,27). The molecule has 0 radical (unpaired) electrons. The smallest absolute Gasteiger partial charge is 0.417 e. The first kappa shape index (κ1) is 18.9. The molecule has 2 aromatic heterocycles. The van der Waals surface area contributed by atoms with Gasteiger partial charge in [0.2, 0.25) is 0 Å². The van der Waals surface area contributed by atoms with Gasteiger partial charge in [-0.15, -0.1) is 0 Å². The molecule has 2 heterocycles. The van der Waals surface area contributed by atoms with Gasteiger partial charge in [-0.2, -0.15) is 13.2 Å². The Morgan fingerprint density at radius 2 is 1.63 bits per heavy atom. The number of carboxylic acid groups (broad SMARTS) is 1. The molecular formula is C20H19F3N2O2. The molecule has 0 saturated carbocycles. The molecule has 0 atom stereocenters. The molecule has 3 rings (SSSR count). The molecule has 0 unspecified atom stereocenters. The van der Waals surface area contributed by atoms with Gasteiger partial charge >= 0.3 is 12.1 Å². The van der Waals surface area contributed by atoms with Crippen molar-refractivity contribution in [1.82, 2.24) is 9.38 Å². The van der Waals surface area contributed by atoms with Gasteiger partial charge in [0.25, 0.3) is 0 Å². The van der Waals surface area contributed by atoms with Crippen LogP contribution in [0.5, 0.6) is 0 Å². The van der Waals surface area contributed by atoms with E-state index in [1.807, 2.05) is 24.3 Å². The Morgan fingerprint density at radius 3 is 2.15 bits per heavy atom. The van der Waals surface area contributed by atoms with Crippen LogP contribution in [0, 0.1) is 0 Å². The number of fused-ring (bicyclic) bond motifs is 1. The SMILES string of the molecule is CC(C)(C)c1ccc(-c2nc3ccc(C(F)(F)F)cn3c2CC(=O)O)cc1. The number of halogens is 3. The van der Waals surface area contributed by atoms with Crippen molar-refractivity contribution in [1.29, 1.82) is 0 Å². The van der Waals surface area contributed by atoms with E-state index in [2.05, 4.69) is 25.8 Å². The maximum Gasteiger partial charge on any atom is 0.417 e.